The first kappa shape index (κ1) is 22.3. The van der Waals surface area contributed by atoms with Crippen molar-refractivity contribution in [2.75, 3.05) is 31.9 Å². The SMILES string of the molecule is COc1ccc(NC(=O)COc2cc(C(=O)OC3CCCCC3)ccc2N)c(OC)c1. The van der Waals surface area contributed by atoms with Gasteiger partial charge in [-0.05, 0) is 56.0 Å². The number of benzene rings is 2. The van der Waals surface area contributed by atoms with Gasteiger partial charge in [0.1, 0.15) is 23.4 Å². The molecule has 3 N–H and O–H groups in total. The molecule has 8 nitrogen and oxygen atoms in total. The minimum atomic E-state index is -0.413. The van der Waals surface area contributed by atoms with Crippen LogP contribution in [-0.2, 0) is 9.53 Å². The summed E-state index contributed by atoms with van der Waals surface area (Å²) in [4.78, 5) is 24.8. The van der Waals surface area contributed by atoms with Crippen molar-refractivity contribution in [2.45, 2.75) is 38.2 Å². The zero-order valence-electron chi connectivity index (χ0n) is 17.8. The second-order valence-electron chi connectivity index (χ2n) is 7.32. The van der Waals surface area contributed by atoms with Crippen molar-refractivity contribution in [2.24, 2.45) is 0 Å². The second kappa shape index (κ2) is 10.6. The number of ether oxygens (including phenoxy) is 4. The molecule has 0 heterocycles. The highest BCUT2D eigenvalue weighted by Crippen LogP contribution is 2.29. The summed E-state index contributed by atoms with van der Waals surface area (Å²) < 4.78 is 21.6. The highest BCUT2D eigenvalue weighted by atomic mass is 16.5. The fourth-order valence-corrected chi connectivity index (χ4v) is 3.42. The van der Waals surface area contributed by atoms with Gasteiger partial charge in [0.25, 0.3) is 5.91 Å². The Morgan fingerprint density at radius 2 is 1.77 bits per heavy atom. The number of nitrogens with one attached hydrogen (secondary N) is 1. The summed E-state index contributed by atoms with van der Waals surface area (Å²) in [5, 5.41) is 2.72. The lowest BCUT2D eigenvalue weighted by Crippen LogP contribution is -2.22. The van der Waals surface area contributed by atoms with E-state index in [4.69, 9.17) is 24.7 Å². The van der Waals surface area contributed by atoms with Crippen molar-refractivity contribution in [1.29, 1.82) is 0 Å². The molecule has 1 fully saturated rings. The van der Waals surface area contributed by atoms with Crippen LogP contribution >= 0.6 is 0 Å². The summed E-state index contributed by atoms with van der Waals surface area (Å²) in [7, 11) is 3.05. The predicted molar refractivity (Wildman–Crippen MR) is 117 cm³/mol. The van der Waals surface area contributed by atoms with Gasteiger partial charge in [0, 0.05) is 6.07 Å². The Morgan fingerprint density at radius 1 is 1.00 bits per heavy atom. The standard InChI is InChI=1S/C23H28N2O6/c1-28-17-9-11-19(21(13-17)29-2)25-22(26)14-30-20-12-15(8-10-18(20)24)23(27)31-16-6-4-3-5-7-16/h8-13,16H,3-7,14,24H2,1-2H3,(H,25,26). The van der Waals surface area contributed by atoms with Gasteiger partial charge in [-0.3, -0.25) is 4.79 Å². The molecule has 2 aromatic carbocycles. The van der Waals surface area contributed by atoms with Crippen molar-refractivity contribution >= 4 is 23.3 Å². The van der Waals surface area contributed by atoms with Crippen LogP contribution in [0, 0.1) is 0 Å². The molecule has 0 aliphatic heterocycles. The first-order valence-corrected chi connectivity index (χ1v) is 10.3. The number of hydrogen-bond acceptors (Lipinski definition) is 7. The third-order valence-corrected chi connectivity index (χ3v) is 5.12. The van der Waals surface area contributed by atoms with E-state index in [9.17, 15) is 9.59 Å². The van der Waals surface area contributed by atoms with Crippen LogP contribution in [0.2, 0.25) is 0 Å². The number of amides is 1. The summed E-state index contributed by atoms with van der Waals surface area (Å²) in [6.07, 6.45) is 5.05. The molecule has 1 aliphatic rings. The second-order valence-corrected chi connectivity index (χ2v) is 7.32. The Balaban J connectivity index is 1.60. The normalized spacial score (nSPS) is 13.9. The van der Waals surface area contributed by atoms with E-state index in [0.29, 0.717) is 28.4 Å². The van der Waals surface area contributed by atoms with Gasteiger partial charge in [0.2, 0.25) is 0 Å². The van der Waals surface area contributed by atoms with Crippen molar-refractivity contribution in [3.05, 3.63) is 42.0 Å². The molecule has 2 aromatic rings. The molecule has 0 aromatic heterocycles. The average molecular weight is 428 g/mol. The number of anilines is 2. The third kappa shape index (κ3) is 6.04. The van der Waals surface area contributed by atoms with Crippen molar-refractivity contribution < 1.29 is 28.5 Å². The fourth-order valence-electron chi connectivity index (χ4n) is 3.42. The summed E-state index contributed by atoms with van der Waals surface area (Å²) in [5.41, 5.74) is 7.09. The highest BCUT2D eigenvalue weighted by molar-refractivity contribution is 5.94. The molecule has 0 unspecified atom stereocenters. The van der Waals surface area contributed by atoms with Crippen LogP contribution in [0.15, 0.2) is 36.4 Å². The third-order valence-electron chi connectivity index (χ3n) is 5.12. The number of carbonyl (C=O) groups excluding carboxylic acids is 2. The van der Waals surface area contributed by atoms with E-state index in [1.807, 2.05) is 0 Å². The average Bonchev–Trinajstić information content (AvgIpc) is 2.79. The molecule has 3 rings (SSSR count). The molecular weight excluding hydrogens is 400 g/mol. The van der Waals surface area contributed by atoms with Gasteiger partial charge < -0.3 is 30.0 Å². The van der Waals surface area contributed by atoms with Gasteiger partial charge in [-0.15, -0.1) is 0 Å². The van der Waals surface area contributed by atoms with Crippen molar-refractivity contribution in [3.63, 3.8) is 0 Å². The number of esters is 1. The Kier molecular flexibility index (Phi) is 7.59. The lowest BCUT2D eigenvalue weighted by atomic mass is 9.98. The molecule has 166 valence electrons. The molecular formula is C23H28N2O6. The van der Waals surface area contributed by atoms with E-state index in [1.165, 1.54) is 19.6 Å². The Bertz CT molecular complexity index is 924. The van der Waals surface area contributed by atoms with Gasteiger partial charge in [0.15, 0.2) is 6.61 Å². The number of hydrogen-bond donors (Lipinski definition) is 2. The maximum atomic E-state index is 12.5. The molecule has 1 amide bonds. The lowest BCUT2D eigenvalue weighted by Gasteiger charge is -2.22. The van der Waals surface area contributed by atoms with Crippen LogP contribution in [0.1, 0.15) is 42.5 Å². The Labute approximate surface area is 181 Å². The molecule has 0 saturated heterocycles. The van der Waals surface area contributed by atoms with Gasteiger partial charge >= 0.3 is 5.97 Å². The van der Waals surface area contributed by atoms with E-state index < -0.39 is 11.9 Å². The van der Waals surface area contributed by atoms with Gasteiger partial charge in [0.05, 0.1) is 31.2 Å². The van der Waals surface area contributed by atoms with Crippen molar-refractivity contribution in [3.8, 4) is 17.2 Å². The first-order valence-electron chi connectivity index (χ1n) is 10.3. The molecule has 0 bridgehead atoms. The van der Waals surface area contributed by atoms with E-state index in [2.05, 4.69) is 5.32 Å². The number of carbonyl (C=O) groups is 2. The molecule has 1 saturated carbocycles. The number of nitrogens with two attached hydrogens (primary N) is 1. The van der Waals surface area contributed by atoms with Crippen LogP contribution in [0.3, 0.4) is 0 Å². The zero-order valence-corrected chi connectivity index (χ0v) is 17.8. The lowest BCUT2D eigenvalue weighted by molar-refractivity contribution is -0.118. The molecule has 8 heteroatoms. The monoisotopic (exact) mass is 428 g/mol. The fraction of sp³-hybridized carbons (Fsp3) is 0.391. The Hall–Kier alpha value is -3.42. The summed E-state index contributed by atoms with van der Waals surface area (Å²) in [6.45, 7) is -0.291. The van der Waals surface area contributed by atoms with E-state index in [0.717, 1.165) is 25.7 Å². The predicted octanol–water partition coefficient (Wildman–Crippen LogP) is 3.79. The molecule has 0 atom stereocenters. The molecule has 0 radical (unpaired) electrons. The smallest absolute Gasteiger partial charge is 0.338 e. The van der Waals surface area contributed by atoms with Gasteiger partial charge in [-0.1, -0.05) is 6.42 Å². The quantitative estimate of drug-likeness (QED) is 0.486. The minimum Gasteiger partial charge on any atom is -0.497 e. The summed E-state index contributed by atoms with van der Waals surface area (Å²) in [6, 6.07) is 9.70. The van der Waals surface area contributed by atoms with E-state index in [-0.39, 0.29) is 18.5 Å². The van der Waals surface area contributed by atoms with Crippen LogP contribution in [0.5, 0.6) is 17.2 Å². The maximum absolute atomic E-state index is 12.5. The zero-order chi connectivity index (χ0) is 22.2. The largest absolute Gasteiger partial charge is 0.497 e. The van der Waals surface area contributed by atoms with E-state index in [1.54, 1.807) is 37.4 Å². The van der Waals surface area contributed by atoms with Crippen molar-refractivity contribution in [1.82, 2.24) is 0 Å². The van der Waals surface area contributed by atoms with Crippen LogP contribution in [-0.4, -0.2) is 38.8 Å². The molecule has 1 aliphatic carbocycles. The minimum absolute atomic E-state index is 0.0478. The van der Waals surface area contributed by atoms with Gasteiger partial charge in [-0.25, -0.2) is 4.79 Å². The Morgan fingerprint density at radius 3 is 2.48 bits per heavy atom. The van der Waals surface area contributed by atoms with Crippen LogP contribution in [0.25, 0.3) is 0 Å². The van der Waals surface area contributed by atoms with Gasteiger partial charge in [-0.2, -0.15) is 0 Å². The summed E-state index contributed by atoms with van der Waals surface area (Å²) in [5.74, 6) is 0.493. The molecule has 0 spiro atoms. The first-order chi connectivity index (χ1) is 15.0. The number of rotatable bonds is 8. The summed E-state index contributed by atoms with van der Waals surface area (Å²) >= 11 is 0. The topological polar surface area (TPSA) is 109 Å². The molecule has 31 heavy (non-hydrogen) atoms. The van der Waals surface area contributed by atoms with E-state index >= 15 is 0 Å². The number of methoxy groups -OCH3 is 2. The highest BCUT2D eigenvalue weighted by Gasteiger charge is 2.20. The number of nitrogen functional groups attached to an aromatic ring is 1. The maximum Gasteiger partial charge on any atom is 0.338 e. The van der Waals surface area contributed by atoms with Crippen LogP contribution < -0.4 is 25.3 Å². The van der Waals surface area contributed by atoms with Crippen LogP contribution in [0.4, 0.5) is 11.4 Å².